The van der Waals surface area contributed by atoms with Gasteiger partial charge in [0.2, 0.25) is 0 Å². The molecule has 1 fully saturated rings. The maximum atomic E-state index is 15.7. The molecule has 3 aromatic rings. The van der Waals surface area contributed by atoms with Crippen molar-refractivity contribution >= 4 is 5.97 Å². The highest BCUT2D eigenvalue weighted by molar-refractivity contribution is 5.72. The fraction of sp³-hybridized carbons (Fsp3) is 0.441. The summed E-state index contributed by atoms with van der Waals surface area (Å²) in [5, 5.41) is 0. The lowest BCUT2D eigenvalue weighted by Crippen LogP contribution is -2.23. The highest BCUT2D eigenvalue weighted by Gasteiger charge is 2.38. The van der Waals surface area contributed by atoms with E-state index in [2.05, 4.69) is 20.8 Å². The van der Waals surface area contributed by atoms with Crippen molar-refractivity contribution in [2.45, 2.75) is 77.2 Å². The maximum Gasteiger partial charge on any atom is 0.306 e. The van der Waals surface area contributed by atoms with Crippen LogP contribution in [0, 0.1) is 17.0 Å². The molecule has 0 N–H and O–H groups in total. The Morgan fingerprint density at radius 3 is 2.40 bits per heavy atom. The summed E-state index contributed by atoms with van der Waals surface area (Å²) in [5.41, 5.74) is 4.23. The number of halogens is 2. The van der Waals surface area contributed by atoms with E-state index in [1.54, 1.807) is 12.1 Å². The van der Waals surface area contributed by atoms with Crippen molar-refractivity contribution < 1.29 is 27.8 Å². The Labute approximate surface area is 235 Å². The molecule has 40 heavy (non-hydrogen) atoms. The first-order valence-corrected chi connectivity index (χ1v) is 14.0. The van der Waals surface area contributed by atoms with Crippen LogP contribution in [-0.2, 0) is 28.0 Å². The summed E-state index contributed by atoms with van der Waals surface area (Å²) in [6.07, 6.45) is 5.14. The largest absolute Gasteiger partial charge is 0.497 e. The van der Waals surface area contributed by atoms with Gasteiger partial charge < -0.3 is 14.2 Å². The van der Waals surface area contributed by atoms with Gasteiger partial charge in [0.05, 0.1) is 20.6 Å². The Morgan fingerprint density at radius 2 is 1.70 bits per heavy atom. The minimum Gasteiger partial charge on any atom is -0.497 e. The molecule has 0 unspecified atom stereocenters. The van der Waals surface area contributed by atoms with Gasteiger partial charge in [0.15, 0.2) is 0 Å². The number of benzene rings is 3. The van der Waals surface area contributed by atoms with Gasteiger partial charge in [-0.05, 0) is 102 Å². The number of fused-ring (bicyclic) bond motifs is 1. The van der Waals surface area contributed by atoms with E-state index in [0.717, 1.165) is 43.2 Å². The molecule has 0 radical (unpaired) electrons. The molecule has 2 aliphatic carbocycles. The van der Waals surface area contributed by atoms with Gasteiger partial charge in [-0.3, -0.25) is 4.79 Å². The first-order valence-electron chi connectivity index (χ1n) is 14.0. The first-order chi connectivity index (χ1) is 19.0. The van der Waals surface area contributed by atoms with Gasteiger partial charge in [0.25, 0.3) is 0 Å². The molecule has 0 heterocycles. The molecule has 4 nitrogen and oxygen atoms in total. The van der Waals surface area contributed by atoms with Gasteiger partial charge in [-0.15, -0.1) is 0 Å². The first kappa shape index (κ1) is 28.1. The molecule has 2 atom stereocenters. The fourth-order valence-corrected chi connectivity index (χ4v) is 6.72. The molecule has 1 saturated carbocycles. The third-order valence-electron chi connectivity index (χ3n) is 9.15. The Hall–Kier alpha value is -3.41. The SMILES string of the molecule is COC(=O)C[C@@]1(C)CCc2ccc(OCc3cc([C@H]4CCCC4(C)C)c(-c4cc(OC)ccc4F)cc3F)cc21. The van der Waals surface area contributed by atoms with Crippen molar-refractivity contribution in [1.29, 1.82) is 0 Å². The zero-order valence-electron chi connectivity index (χ0n) is 24.0. The quantitative estimate of drug-likeness (QED) is 0.266. The number of carbonyl (C=O) groups is 1. The molecular weight excluding hydrogens is 510 g/mol. The van der Waals surface area contributed by atoms with Crippen LogP contribution >= 0.6 is 0 Å². The van der Waals surface area contributed by atoms with Crippen molar-refractivity contribution in [2.75, 3.05) is 14.2 Å². The smallest absolute Gasteiger partial charge is 0.306 e. The average Bonchev–Trinajstić information content (AvgIpc) is 3.45. The van der Waals surface area contributed by atoms with Gasteiger partial charge >= 0.3 is 5.97 Å². The molecule has 3 aromatic carbocycles. The van der Waals surface area contributed by atoms with Crippen LogP contribution in [0.2, 0.25) is 0 Å². The van der Waals surface area contributed by atoms with Crippen molar-refractivity contribution in [3.05, 3.63) is 82.4 Å². The maximum absolute atomic E-state index is 15.7. The van der Waals surface area contributed by atoms with Crippen molar-refractivity contribution in [3.63, 3.8) is 0 Å². The molecule has 0 bridgehead atoms. The molecule has 0 amide bonds. The van der Waals surface area contributed by atoms with Crippen LogP contribution in [0.5, 0.6) is 11.5 Å². The molecule has 2 aliphatic rings. The van der Waals surface area contributed by atoms with Crippen molar-refractivity contribution in [3.8, 4) is 22.6 Å². The number of rotatable bonds is 8. The molecule has 0 spiro atoms. The third-order valence-corrected chi connectivity index (χ3v) is 9.15. The molecular formula is C34H38F2O4. The molecule has 0 aliphatic heterocycles. The highest BCUT2D eigenvalue weighted by atomic mass is 19.1. The van der Waals surface area contributed by atoms with Crippen LogP contribution in [0.3, 0.4) is 0 Å². The lowest BCUT2D eigenvalue weighted by Gasteiger charge is -2.30. The molecule has 6 heteroatoms. The lowest BCUT2D eigenvalue weighted by molar-refractivity contribution is -0.142. The normalized spacial score (nSPS) is 21.2. The minimum absolute atomic E-state index is 0.00410. The summed E-state index contributed by atoms with van der Waals surface area (Å²) in [6, 6.07) is 13.8. The van der Waals surface area contributed by atoms with Gasteiger partial charge in [0, 0.05) is 16.5 Å². The van der Waals surface area contributed by atoms with Crippen molar-refractivity contribution in [2.24, 2.45) is 5.41 Å². The Balaban J connectivity index is 1.48. The van der Waals surface area contributed by atoms with Crippen LogP contribution in [0.15, 0.2) is 48.5 Å². The zero-order valence-corrected chi connectivity index (χ0v) is 24.0. The summed E-state index contributed by atoms with van der Waals surface area (Å²) < 4.78 is 47.2. The van der Waals surface area contributed by atoms with Gasteiger partial charge in [-0.25, -0.2) is 8.78 Å². The van der Waals surface area contributed by atoms with E-state index in [1.807, 2.05) is 24.3 Å². The zero-order chi connectivity index (χ0) is 28.7. The van der Waals surface area contributed by atoms with Gasteiger partial charge in [-0.2, -0.15) is 0 Å². The second-order valence-electron chi connectivity index (χ2n) is 12.2. The Kier molecular flexibility index (Phi) is 7.64. The van der Waals surface area contributed by atoms with Crippen LogP contribution in [0.4, 0.5) is 8.78 Å². The topological polar surface area (TPSA) is 44.8 Å². The van der Waals surface area contributed by atoms with E-state index < -0.39 is 11.6 Å². The standard InChI is InChI=1S/C34H38F2O4/c1-33(2)13-6-7-28(33)26-15-22(31(36)18-25(26)27-16-23(38-4)10-11-30(27)35)20-40-24-9-8-21-12-14-34(3,29(21)17-24)19-32(37)39-5/h8-11,15-18,28H,6-7,12-14,19-20H2,1-5H3/t28-,34-/m1/s1. The summed E-state index contributed by atoms with van der Waals surface area (Å²) in [5.74, 6) is 0.228. The number of esters is 1. The number of hydrogen-bond donors (Lipinski definition) is 0. The summed E-state index contributed by atoms with van der Waals surface area (Å²) in [7, 11) is 2.95. The predicted molar refractivity (Wildman–Crippen MR) is 152 cm³/mol. The molecule has 0 aromatic heterocycles. The molecule has 212 valence electrons. The number of hydrogen-bond acceptors (Lipinski definition) is 4. The highest BCUT2D eigenvalue weighted by Crippen LogP contribution is 2.52. The van der Waals surface area contributed by atoms with E-state index in [9.17, 15) is 4.79 Å². The summed E-state index contributed by atoms with van der Waals surface area (Å²) >= 11 is 0. The minimum atomic E-state index is -0.437. The number of aryl methyl sites for hydroxylation is 1. The van der Waals surface area contributed by atoms with Crippen LogP contribution in [0.1, 0.15) is 81.0 Å². The average molecular weight is 549 g/mol. The molecule has 0 saturated heterocycles. The van der Waals surface area contributed by atoms with E-state index in [1.165, 1.54) is 31.9 Å². The van der Waals surface area contributed by atoms with Gasteiger partial charge in [-0.1, -0.05) is 33.3 Å². The molecule has 5 rings (SSSR count). The second-order valence-corrected chi connectivity index (χ2v) is 12.2. The summed E-state index contributed by atoms with van der Waals surface area (Å²) in [4.78, 5) is 12.1. The summed E-state index contributed by atoms with van der Waals surface area (Å²) in [6.45, 7) is 6.57. The van der Waals surface area contributed by atoms with Crippen LogP contribution in [-0.4, -0.2) is 20.2 Å². The fourth-order valence-electron chi connectivity index (χ4n) is 6.72. The van der Waals surface area contributed by atoms with Crippen LogP contribution < -0.4 is 9.47 Å². The second kappa shape index (κ2) is 10.9. The number of ether oxygens (including phenoxy) is 3. The lowest BCUT2D eigenvalue weighted by atomic mass is 9.75. The monoisotopic (exact) mass is 548 g/mol. The van der Waals surface area contributed by atoms with E-state index in [4.69, 9.17) is 14.2 Å². The van der Waals surface area contributed by atoms with Crippen molar-refractivity contribution in [1.82, 2.24) is 0 Å². The van der Waals surface area contributed by atoms with E-state index >= 15 is 8.78 Å². The Bertz CT molecular complexity index is 1430. The number of methoxy groups -OCH3 is 2. The van der Waals surface area contributed by atoms with E-state index in [0.29, 0.717) is 34.6 Å². The number of carbonyl (C=O) groups excluding carboxylic acids is 1. The third kappa shape index (κ3) is 5.33. The van der Waals surface area contributed by atoms with Crippen LogP contribution in [0.25, 0.3) is 11.1 Å². The van der Waals surface area contributed by atoms with Gasteiger partial charge in [0.1, 0.15) is 29.7 Å². The predicted octanol–water partition coefficient (Wildman–Crippen LogP) is 8.28. The van der Waals surface area contributed by atoms with E-state index in [-0.39, 0.29) is 29.3 Å². The Morgan fingerprint density at radius 1 is 0.925 bits per heavy atom.